The molecule has 0 spiro atoms. The fourth-order valence-electron chi connectivity index (χ4n) is 1.89. The van der Waals surface area contributed by atoms with Crippen molar-refractivity contribution in [2.45, 2.75) is 31.1 Å². The summed E-state index contributed by atoms with van der Waals surface area (Å²) in [6, 6.07) is 4.47. The fraction of sp³-hybridized carbons (Fsp3) is 0.500. The molecule has 1 nitrogen and oxygen atoms in total. The Hall–Kier alpha value is -0.810. The lowest BCUT2D eigenvalue weighted by Crippen LogP contribution is -2.33. The van der Waals surface area contributed by atoms with E-state index >= 15 is 0 Å². The van der Waals surface area contributed by atoms with E-state index in [-0.39, 0.29) is 5.41 Å². The molecule has 0 N–H and O–H groups in total. The Morgan fingerprint density at radius 1 is 1.58 bits per heavy atom. The first kappa shape index (κ1) is 7.82. The predicted octanol–water partition coefficient (Wildman–Crippen LogP) is 3.08. The smallest absolute Gasteiger partial charge is 0.0631 e. The van der Waals surface area contributed by atoms with Crippen LogP contribution in [0, 0.1) is 11.3 Å². The van der Waals surface area contributed by atoms with Gasteiger partial charge in [-0.1, -0.05) is 6.42 Å². The molecular formula is C10H11NS. The van der Waals surface area contributed by atoms with E-state index in [1.54, 1.807) is 11.3 Å². The molecule has 0 aromatic carbocycles. The van der Waals surface area contributed by atoms with Gasteiger partial charge in [-0.15, -0.1) is 0 Å². The molecule has 0 amide bonds. The van der Waals surface area contributed by atoms with Gasteiger partial charge in [0.25, 0.3) is 0 Å². The molecule has 1 heterocycles. The first-order valence-corrected chi connectivity index (χ1v) is 5.21. The van der Waals surface area contributed by atoms with Crippen LogP contribution in [0.15, 0.2) is 16.8 Å². The van der Waals surface area contributed by atoms with Gasteiger partial charge in [0.15, 0.2) is 0 Å². The van der Waals surface area contributed by atoms with Gasteiger partial charge in [0, 0.05) is 11.8 Å². The third-order valence-corrected chi connectivity index (χ3v) is 3.54. The van der Waals surface area contributed by atoms with Gasteiger partial charge in [-0.3, -0.25) is 0 Å². The fourth-order valence-corrected chi connectivity index (χ4v) is 2.67. The Bertz CT molecular complexity index is 290. The van der Waals surface area contributed by atoms with Crippen molar-refractivity contribution in [1.29, 1.82) is 5.26 Å². The van der Waals surface area contributed by atoms with Crippen LogP contribution in [0.25, 0.3) is 0 Å². The Morgan fingerprint density at radius 2 is 2.42 bits per heavy atom. The van der Waals surface area contributed by atoms with Gasteiger partial charge in [0.05, 0.1) is 6.07 Å². The molecular weight excluding hydrogens is 166 g/mol. The van der Waals surface area contributed by atoms with Crippen molar-refractivity contribution >= 4 is 11.3 Å². The molecule has 1 fully saturated rings. The maximum Gasteiger partial charge on any atom is 0.0631 e. The maximum absolute atomic E-state index is 8.72. The van der Waals surface area contributed by atoms with Crippen LogP contribution in [-0.2, 0) is 5.41 Å². The SMILES string of the molecule is N#CCC1(c2ccsc2)CCC1. The molecule has 2 heteroatoms. The van der Waals surface area contributed by atoms with Crippen LogP contribution >= 0.6 is 11.3 Å². The number of nitriles is 1. The molecule has 0 aliphatic heterocycles. The van der Waals surface area contributed by atoms with Gasteiger partial charge in [0.2, 0.25) is 0 Å². The van der Waals surface area contributed by atoms with E-state index < -0.39 is 0 Å². The minimum absolute atomic E-state index is 0.245. The van der Waals surface area contributed by atoms with E-state index in [1.807, 2.05) is 0 Å². The van der Waals surface area contributed by atoms with Gasteiger partial charge in [-0.25, -0.2) is 0 Å². The highest BCUT2D eigenvalue weighted by molar-refractivity contribution is 7.08. The standard InChI is InChI=1S/C10H11NS/c11-6-5-10(3-1-4-10)9-2-7-12-8-9/h2,7-8H,1,3-5H2. The van der Waals surface area contributed by atoms with Crippen molar-refractivity contribution in [3.8, 4) is 6.07 Å². The second kappa shape index (κ2) is 2.91. The number of rotatable bonds is 2. The van der Waals surface area contributed by atoms with Crippen LogP contribution < -0.4 is 0 Å². The highest BCUT2D eigenvalue weighted by Crippen LogP contribution is 2.46. The van der Waals surface area contributed by atoms with Crippen LogP contribution in [0.5, 0.6) is 0 Å². The minimum Gasteiger partial charge on any atom is -0.198 e. The van der Waals surface area contributed by atoms with Crippen molar-refractivity contribution < 1.29 is 0 Å². The van der Waals surface area contributed by atoms with Crippen LogP contribution in [0.4, 0.5) is 0 Å². The lowest BCUT2D eigenvalue weighted by atomic mass is 9.63. The van der Waals surface area contributed by atoms with Crippen LogP contribution in [0.1, 0.15) is 31.2 Å². The largest absolute Gasteiger partial charge is 0.198 e. The zero-order valence-electron chi connectivity index (χ0n) is 6.92. The van der Waals surface area contributed by atoms with Gasteiger partial charge in [-0.05, 0) is 35.2 Å². The molecule has 0 atom stereocenters. The molecule has 1 aliphatic rings. The number of nitrogens with zero attached hydrogens (tertiary/aromatic N) is 1. The molecule has 1 aliphatic carbocycles. The van der Waals surface area contributed by atoms with Gasteiger partial charge in [0.1, 0.15) is 0 Å². The molecule has 0 saturated heterocycles. The Morgan fingerprint density at radius 3 is 2.83 bits per heavy atom. The van der Waals surface area contributed by atoms with Crippen LogP contribution in [0.3, 0.4) is 0 Å². The Labute approximate surface area is 76.6 Å². The van der Waals surface area contributed by atoms with Crippen molar-refractivity contribution in [2.75, 3.05) is 0 Å². The van der Waals surface area contributed by atoms with Gasteiger partial charge < -0.3 is 0 Å². The van der Waals surface area contributed by atoms with E-state index in [2.05, 4.69) is 22.9 Å². The minimum atomic E-state index is 0.245. The summed E-state index contributed by atoms with van der Waals surface area (Å²) >= 11 is 1.73. The number of thiophene rings is 1. The zero-order chi connectivity index (χ0) is 8.44. The summed E-state index contributed by atoms with van der Waals surface area (Å²) in [6.45, 7) is 0. The van der Waals surface area contributed by atoms with Crippen molar-refractivity contribution in [3.05, 3.63) is 22.4 Å². The molecule has 2 rings (SSSR count). The first-order valence-electron chi connectivity index (χ1n) is 4.27. The number of hydrogen-bond acceptors (Lipinski definition) is 2. The third kappa shape index (κ3) is 1.05. The summed E-state index contributed by atoms with van der Waals surface area (Å²) in [5.41, 5.74) is 1.63. The lowest BCUT2D eigenvalue weighted by molar-refractivity contribution is 0.250. The summed E-state index contributed by atoms with van der Waals surface area (Å²) in [4.78, 5) is 0. The summed E-state index contributed by atoms with van der Waals surface area (Å²) in [6.07, 6.45) is 4.40. The van der Waals surface area contributed by atoms with E-state index in [1.165, 1.54) is 24.8 Å². The monoisotopic (exact) mass is 177 g/mol. The predicted molar refractivity (Wildman–Crippen MR) is 50.1 cm³/mol. The quantitative estimate of drug-likeness (QED) is 0.681. The lowest BCUT2D eigenvalue weighted by Gasteiger charge is -2.39. The summed E-state index contributed by atoms with van der Waals surface area (Å²) in [7, 11) is 0. The van der Waals surface area contributed by atoms with Gasteiger partial charge >= 0.3 is 0 Å². The van der Waals surface area contributed by atoms with E-state index in [4.69, 9.17) is 5.26 Å². The Kier molecular flexibility index (Phi) is 1.90. The molecule has 0 radical (unpaired) electrons. The molecule has 1 aromatic rings. The summed E-state index contributed by atoms with van der Waals surface area (Å²) in [5, 5.41) is 13.0. The van der Waals surface area contributed by atoms with Crippen LogP contribution in [0.2, 0.25) is 0 Å². The molecule has 62 valence electrons. The van der Waals surface area contributed by atoms with Crippen molar-refractivity contribution in [2.24, 2.45) is 0 Å². The van der Waals surface area contributed by atoms with E-state index in [0.29, 0.717) is 6.42 Å². The highest BCUT2D eigenvalue weighted by Gasteiger charge is 2.38. The summed E-state index contributed by atoms with van der Waals surface area (Å²) in [5.74, 6) is 0. The van der Waals surface area contributed by atoms with Crippen molar-refractivity contribution in [3.63, 3.8) is 0 Å². The van der Waals surface area contributed by atoms with Crippen LogP contribution in [-0.4, -0.2) is 0 Å². The molecule has 0 bridgehead atoms. The maximum atomic E-state index is 8.72. The molecule has 1 saturated carbocycles. The molecule has 12 heavy (non-hydrogen) atoms. The van der Waals surface area contributed by atoms with Crippen molar-refractivity contribution in [1.82, 2.24) is 0 Å². The topological polar surface area (TPSA) is 23.8 Å². The molecule has 1 aromatic heterocycles. The average molecular weight is 177 g/mol. The Balaban J connectivity index is 2.24. The number of hydrogen-bond donors (Lipinski definition) is 0. The highest BCUT2D eigenvalue weighted by atomic mass is 32.1. The van der Waals surface area contributed by atoms with Gasteiger partial charge in [-0.2, -0.15) is 16.6 Å². The molecule has 0 unspecified atom stereocenters. The second-order valence-electron chi connectivity index (χ2n) is 3.48. The first-order chi connectivity index (χ1) is 5.87. The summed E-state index contributed by atoms with van der Waals surface area (Å²) < 4.78 is 0. The van der Waals surface area contributed by atoms with E-state index in [0.717, 1.165) is 0 Å². The average Bonchev–Trinajstić information content (AvgIpc) is 2.48. The third-order valence-electron chi connectivity index (χ3n) is 2.86. The normalized spacial score (nSPS) is 19.6. The zero-order valence-corrected chi connectivity index (χ0v) is 7.73. The van der Waals surface area contributed by atoms with E-state index in [9.17, 15) is 0 Å². The second-order valence-corrected chi connectivity index (χ2v) is 4.26.